The van der Waals surface area contributed by atoms with Gasteiger partial charge in [0.25, 0.3) is 0 Å². The maximum atomic E-state index is 11.6. The van der Waals surface area contributed by atoms with Crippen molar-refractivity contribution in [2.24, 2.45) is 5.92 Å². The molecule has 0 aliphatic carbocycles. The maximum Gasteiger partial charge on any atom is 0.225 e. The lowest BCUT2D eigenvalue weighted by Crippen LogP contribution is -2.39. The number of aromatic nitrogens is 2. The predicted octanol–water partition coefficient (Wildman–Crippen LogP) is 1.02. The van der Waals surface area contributed by atoms with E-state index in [1.807, 2.05) is 6.92 Å². The number of rotatable bonds is 6. The molecular formula is C13H22N4O2S. The highest BCUT2D eigenvalue weighted by Crippen LogP contribution is 2.19. The largest absolute Gasteiger partial charge is 0.341 e. The topological polar surface area (TPSA) is 75.2 Å². The fraction of sp³-hybridized carbons (Fsp3) is 0.692. The molecular weight excluding hydrogens is 276 g/mol. The van der Waals surface area contributed by atoms with Crippen molar-refractivity contribution in [3.05, 3.63) is 18.5 Å². The van der Waals surface area contributed by atoms with E-state index in [1.165, 1.54) is 0 Å². The molecule has 1 aliphatic heterocycles. The van der Waals surface area contributed by atoms with Gasteiger partial charge in [0.05, 0.1) is 5.75 Å². The fourth-order valence-electron chi connectivity index (χ4n) is 2.38. The minimum Gasteiger partial charge on any atom is -0.341 e. The predicted molar refractivity (Wildman–Crippen MR) is 79.0 cm³/mol. The third kappa shape index (κ3) is 4.42. The van der Waals surface area contributed by atoms with Crippen molar-refractivity contribution in [1.29, 1.82) is 0 Å². The molecule has 112 valence electrons. The summed E-state index contributed by atoms with van der Waals surface area (Å²) in [6, 6.07) is 1.80. The number of anilines is 1. The van der Waals surface area contributed by atoms with Crippen molar-refractivity contribution in [1.82, 2.24) is 14.7 Å². The molecule has 1 aromatic heterocycles. The molecule has 0 atom stereocenters. The maximum absolute atomic E-state index is 11.6. The van der Waals surface area contributed by atoms with Crippen LogP contribution >= 0.6 is 0 Å². The molecule has 0 radical (unpaired) electrons. The Morgan fingerprint density at radius 3 is 2.55 bits per heavy atom. The van der Waals surface area contributed by atoms with Crippen LogP contribution in [0.5, 0.6) is 0 Å². The van der Waals surface area contributed by atoms with Crippen LogP contribution in [0.4, 0.5) is 5.95 Å². The van der Waals surface area contributed by atoms with Crippen LogP contribution in [0.1, 0.15) is 26.2 Å². The van der Waals surface area contributed by atoms with Gasteiger partial charge >= 0.3 is 0 Å². The molecule has 1 saturated heterocycles. The van der Waals surface area contributed by atoms with Crippen molar-refractivity contribution in [2.45, 2.75) is 26.2 Å². The fourth-order valence-corrected chi connectivity index (χ4v) is 3.55. The Kier molecular flexibility index (Phi) is 5.31. The second-order valence-electron chi connectivity index (χ2n) is 5.15. The molecule has 1 fully saturated rings. The Bertz CT molecular complexity index is 498. The van der Waals surface area contributed by atoms with Crippen molar-refractivity contribution in [2.75, 3.05) is 30.3 Å². The van der Waals surface area contributed by atoms with E-state index in [2.05, 4.69) is 19.6 Å². The minimum absolute atomic E-state index is 0.212. The first kappa shape index (κ1) is 15.2. The molecule has 0 spiro atoms. The smallest absolute Gasteiger partial charge is 0.225 e. The molecule has 0 unspecified atom stereocenters. The summed E-state index contributed by atoms with van der Waals surface area (Å²) in [6.07, 6.45) is 6.07. The lowest BCUT2D eigenvalue weighted by molar-refractivity contribution is 0.399. The van der Waals surface area contributed by atoms with E-state index in [0.29, 0.717) is 18.9 Å². The SMILES string of the molecule is CCCS(=O)(=O)NCC1CCN(c2ncccn2)CC1. The van der Waals surface area contributed by atoms with E-state index in [-0.39, 0.29) is 5.75 Å². The Hall–Kier alpha value is -1.21. The zero-order chi connectivity index (χ0) is 14.4. The lowest BCUT2D eigenvalue weighted by atomic mass is 9.97. The first-order valence-electron chi connectivity index (χ1n) is 7.10. The van der Waals surface area contributed by atoms with Gasteiger partial charge in [0.15, 0.2) is 0 Å². The zero-order valence-corrected chi connectivity index (χ0v) is 12.6. The van der Waals surface area contributed by atoms with Gasteiger partial charge in [-0.15, -0.1) is 0 Å². The molecule has 1 aromatic rings. The number of hydrogen-bond acceptors (Lipinski definition) is 5. The third-order valence-corrected chi connectivity index (χ3v) is 5.07. The van der Waals surface area contributed by atoms with Gasteiger partial charge in [-0.25, -0.2) is 23.1 Å². The summed E-state index contributed by atoms with van der Waals surface area (Å²) >= 11 is 0. The summed E-state index contributed by atoms with van der Waals surface area (Å²) < 4.78 is 25.9. The quantitative estimate of drug-likeness (QED) is 0.849. The number of sulfonamides is 1. The van der Waals surface area contributed by atoms with Crippen molar-refractivity contribution in [3.8, 4) is 0 Å². The molecule has 0 aromatic carbocycles. The van der Waals surface area contributed by atoms with E-state index in [9.17, 15) is 8.42 Å². The number of nitrogens with one attached hydrogen (secondary N) is 1. The lowest BCUT2D eigenvalue weighted by Gasteiger charge is -2.31. The molecule has 2 heterocycles. The summed E-state index contributed by atoms with van der Waals surface area (Å²) in [7, 11) is -3.09. The van der Waals surface area contributed by atoms with Gasteiger partial charge in [-0.05, 0) is 31.2 Å². The van der Waals surface area contributed by atoms with Crippen LogP contribution in [0.2, 0.25) is 0 Å². The van der Waals surface area contributed by atoms with Gasteiger partial charge in [-0.2, -0.15) is 0 Å². The zero-order valence-electron chi connectivity index (χ0n) is 11.8. The Balaban J connectivity index is 1.77. The van der Waals surface area contributed by atoms with Crippen molar-refractivity contribution >= 4 is 16.0 Å². The molecule has 6 nitrogen and oxygen atoms in total. The Morgan fingerprint density at radius 2 is 1.95 bits per heavy atom. The number of piperidine rings is 1. The van der Waals surface area contributed by atoms with Gasteiger partial charge in [0.2, 0.25) is 16.0 Å². The Labute approximate surface area is 120 Å². The first-order chi connectivity index (χ1) is 9.61. The molecule has 7 heteroatoms. The Morgan fingerprint density at radius 1 is 1.30 bits per heavy atom. The highest BCUT2D eigenvalue weighted by atomic mass is 32.2. The summed E-state index contributed by atoms with van der Waals surface area (Å²) in [5.74, 6) is 1.38. The highest BCUT2D eigenvalue weighted by molar-refractivity contribution is 7.89. The van der Waals surface area contributed by atoms with E-state index in [1.54, 1.807) is 18.5 Å². The van der Waals surface area contributed by atoms with Gasteiger partial charge in [-0.1, -0.05) is 6.92 Å². The summed E-state index contributed by atoms with van der Waals surface area (Å²) in [5, 5.41) is 0. The van der Waals surface area contributed by atoms with Gasteiger partial charge < -0.3 is 4.90 Å². The monoisotopic (exact) mass is 298 g/mol. The second kappa shape index (κ2) is 6.99. The van der Waals surface area contributed by atoms with E-state index < -0.39 is 10.0 Å². The van der Waals surface area contributed by atoms with Crippen LogP contribution < -0.4 is 9.62 Å². The normalized spacial score (nSPS) is 17.4. The van der Waals surface area contributed by atoms with Crippen LogP contribution in [-0.4, -0.2) is 43.8 Å². The molecule has 2 rings (SSSR count). The third-order valence-electron chi connectivity index (χ3n) is 3.51. The average Bonchev–Trinajstić information content (AvgIpc) is 2.47. The van der Waals surface area contributed by atoms with Crippen molar-refractivity contribution in [3.63, 3.8) is 0 Å². The van der Waals surface area contributed by atoms with Gasteiger partial charge in [0.1, 0.15) is 0 Å². The van der Waals surface area contributed by atoms with Gasteiger partial charge in [-0.3, -0.25) is 0 Å². The summed E-state index contributed by atoms with van der Waals surface area (Å²) in [5.41, 5.74) is 0. The van der Waals surface area contributed by atoms with Crippen LogP contribution in [0.25, 0.3) is 0 Å². The number of hydrogen-bond donors (Lipinski definition) is 1. The molecule has 0 bridgehead atoms. The van der Waals surface area contributed by atoms with Crippen LogP contribution in [0.3, 0.4) is 0 Å². The van der Waals surface area contributed by atoms with E-state index in [0.717, 1.165) is 31.9 Å². The number of nitrogens with zero attached hydrogens (tertiary/aromatic N) is 3. The standard InChI is InChI=1S/C13H22N4O2S/c1-2-10-20(18,19)16-11-12-4-8-17(9-5-12)13-14-6-3-7-15-13/h3,6-7,12,16H,2,4-5,8-11H2,1H3. The molecule has 20 heavy (non-hydrogen) atoms. The van der Waals surface area contributed by atoms with Crippen LogP contribution in [-0.2, 0) is 10.0 Å². The van der Waals surface area contributed by atoms with E-state index in [4.69, 9.17) is 0 Å². The molecule has 0 amide bonds. The molecule has 1 aliphatic rings. The summed E-state index contributed by atoms with van der Waals surface area (Å²) in [4.78, 5) is 10.6. The van der Waals surface area contributed by atoms with Crippen molar-refractivity contribution < 1.29 is 8.42 Å². The van der Waals surface area contributed by atoms with Crippen LogP contribution in [0, 0.1) is 5.92 Å². The van der Waals surface area contributed by atoms with E-state index >= 15 is 0 Å². The van der Waals surface area contributed by atoms with Gasteiger partial charge in [0, 0.05) is 32.0 Å². The molecule has 1 N–H and O–H groups in total. The van der Waals surface area contributed by atoms with Crippen LogP contribution in [0.15, 0.2) is 18.5 Å². The summed E-state index contributed by atoms with van der Waals surface area (Å²) in [6.45, 7) is 4.18. The molecule has 0 saturated carbocycles. The highest BCUT2D eigenvalue weighted by Gasteiger charge is 2.22. The second-order valence-corrected chi connectivity index (χ2v) is 7.07. The minimum atomic E-state index is -3.09. The first-order valence-corrected chi connectivity index (χ1v) is 8.75. The average molecular weight is 298 g/mol.